The van der Waals surface area contributed by atoms with Crippen molar-refractivity contribution in [2.24, 2.45) is 0 Å². The molecule has 2 amide bonds. The number of aromatic nitrogens is 5. The summed E-state index contributed by atoms with van der Waals surface area (Å²) in [6.45, 7) is 2.39. The van der Waals surface area contributed by atoms with Crippen molar-refractivity contribution < 1.29 is 22.8 Å². The van der Waals surface area contributed by atoms with Gasteiger partial charge in [0.1, 0.15) is 11.4 Å². The molecule has 0 aliphatic heterocycles. The highest BCUT2D eigenvalue weighted by atomic mass is 19.4. The molecule has 1 aliphatic carbocycles. The quantitative estimate of drug-likeness (QED) is 0.424. The molecule has 0 bridgehead atoms. The fourth-order valence-corrected chi connectivity index (χ4v) is 3.74. The third-order valence-corrected chi connectivity index (χ3v) is 5.59. The van der Waals surface area contributed by atoms with Crippen molar-refractivity contribution >= 4 is 28.8 Å². The molecule has 0 unspecified atom stereocenters. The second kappa shape index (κ2) is 8.53. The minimum Gasteiger partial charge on any atom is -0.321 e. The monoisotopic (exact) mass is 483 g/mol. The highest BCUT2D eigenvalue weighted by Gasteiger charge is 2.37. The number of fused-ring (bicyclic) bond motifs is 1. The minimum atomic E-state index is -4.65. The summed E-state index contributed by atoms with van der Waals surface area (Å²) in [6, 6.07) is 10.2. The zero-order chi connectivity index (χ0) is 24.7. The number of aryl methyl sites for hydroxylation is 1. The average molecular weight is 483 g/mol. The van der Waals surface area contributed by atoms with Gasteiger partial charge in [-0.2, -0.15) is 23.4 Å². The van der Waals surface area contributed by atoms with Crippen LogP contribution in [0.1, 0.15) is 58.0 Å². The molecule has 1 aliphatic rings. The van der Waals surface area contributed by atoms with Gasteiger partial charge in [-0.25, -0.2) is 9.50 Å². The van der Waals surface area contributed by atoms with E-state index in [9.17, 15) is 22.8 Å². The molecule has 1 fully saturated rings. The van der Waals surface area contributed by atoms with Crippen LogP contribution >= 0.6 is 0 Å². The Labute approximate surface area is 197 Å². The van der Waals surface area contributed by atoms with Crippen LogP contribution in [-0.4, -0.2) is 36.2 Å². The molecular formula is C23H20F3N7O2. The fourth-order valence-electron chi connectivity index (χ4n) is 3.74. The van der Waals surface area contributed by atoms with Crippen molar-refractivity contribution in [3.05, 3.63) is 71.4 Å². The van der Waals surface area contributed by atoms with Gasteiger partial charge in [0.25, 0.3) is 11.8 Å². The fraction of sp³-hybridized carbons (Fsp3) is 0.261. The molecule has 35 heavy (non-hydrogen) atoms. The lowest BCUT2D eigenvalue weighted by molar-refractivity contribution is -0.142. The van der Waals surface area contributed by atoms with Gasteiger partial charge in [0.15, 0.2) is 11.3 Å². The summed E-state index contributed by atoms with van der Waals surface area (Å²) in [5.41, 5.74) is 0.255. The molecule has 3 aromatic heterocycles. The molecule has 1 saturated carbocycles. The Hall–Kier alpha value is -4.22. The Balaban J connectivity index is 1.37. The molecule has 0 spiro atoms. The summed E-state index contributed by atoms with van der Waals surface area (Å²) in [5.74, 6) is -1.07. The van der Waals surface area contributed by atoms with E-state index in [0.29, 0.717) is 33.8 Å². The molecular weight excluding hydrogens is 463 g/mol. The van der Waals surface area contributed by atoms with E-state index in [1.165, 1.54) is 18.3 Å². The number of amides is 2. The number of anilines is 2. The summed E-state index contributed by atoms with van der Waals surface area (Å²) >= 11 is 0. The number of alkyl halides is 3. The Morgan fingerprint density at radius 2 is 1.77 bits per heavy atom. The van der Waals surface area contributed by atoms with E-state index < -0.39 is 17.8 Å². The lowest BCUT2D eigenvalue weighted by Crippen LogP contribution is -2.18. The first-order valence-corrected chi connectivity index (χ1v) is 11.0. The number of carbonyl (C=O) groups excluding carboxylic acids is 2. The Bertz CT molecular complexity index is 1440. The van der Waals surface area contributed by atoms with Crippen molar-refractivity contribution in [3.8, 4) is 0 Å². The van der Waals surface area contributed by atoms with E-state index in [4.69, 9.17) is 0 Å². The molecule has 9 nitrogen and oxygen atoms in total. The zero-order valence-corrected chi connectivity index (χ0v) is 18.5. The Morgan fingerprint density at radius 3 is 2.43 bits per heavy atom. The van der Waals surface area contributed by atoms with Crippen LogP contribution in [0, 0.1) is 0 Å². The zero-order valence-electron chi connectivity index (χ0n) is 18.5. The molecule has 3 heterocycles. The lowest BCUT2D eigenvalue weighted by atomic mass is 10.2. The number of benzene rings is 1. The van der Waals surface area contributed by atoms with E-state index in [-0.39, 0.29) is 23.2 Å². The third kappa shape index (κ3) is 4.59. The molecule has 180 valence electrons. The van der Waals surface area contributed by atoms with Gasteiger partial charge >= 0.3 is 6.18 Å². The summed E-state index contributed by atoms with van der Waals surface area (Å²) < 4.78 is 43.0. The van der Waals surface area contributed by atoms with Gasteiger partial charge in [-0.1, -0.05) is 6.07 Å². The highest BCUT2D eigenvalue weighted by Crippen LogP contribution is 2.41. The first-order chi connectivity index (χ1) is 16.7. The van der Waals surface area contributed by atoms with Gasteiger partial charge in [-0.3, -0.25) is 14.3 Å². The molecule has 12 heteroatoms. The number of nitrogens with zero attached hydrogens (tertiary/aromatic N) is 5. The smallest absolute Gasteiger partial charge is 0.321 e. The second-order valence-corrected chi connectivity index (χ2v) is 8.16. The van der Waals surface area contributed by atoms with Gasteiger partial charge in [0.2, 0.25) is 0 Å². The van der Waals surface area contributed by atoms with Gasteiger partial charge in [0, 0.05) is 41.8 Å². The van der Waals surface area contributed by atoms with Crippen molar-refractivity contribution in [3.63, 3.8) is 0 Å². The first kappa shape index (κ1) is 22.6. The number of halogens is 3. The van der Waals surface area contributed by atoms with Gasteiger partial charge in [-0.15, -0.1) is 0 Å². The van der Waals surface area contributed by atoms with Crippen molar-refractivity contribution in [1.82, 2.24) is 24.4 Å². The first-order valence-electron chi connectivity index (χ1n) is 11.0. The predicted molar refractivity (Wildman–Crippen MR) is 120 cm³/mol. The third-order valence-electron chi connectivity index (χ3n) is 5.59. The summed E-state index contributed by atoms with van der Waals surface area (Å²) in [6.07, 6.45) is -1.55. The molecule has 0 radical (unpaired) electrons. The predicted octanol–water partition coefficient (Wildman–Crippen LogP) is 4.35. The van der Waals surface area contributed by atoms with E-state index in [2.05, 4.69) is 25.8 Å². The molecule has 0 atom stereocenters. The molecule has 5 rings (SSSR count). The van der Waals surface area contributed by atoms with Crippen LogP contribution in [0.2, 0.25) is 0 Å². The number of hydrogen-bond acceptors (Lipinski definition) is 5. The van der Waals surface area contributed by atoms with Crippen LogP contribution in [0.25, 0.3) is 5.65 Å². The van der Waals surface area contributed by atoms with E-state index in [1.807, 2.05) is 6.92 Å². The number of carbonyl (C=O) groups is 2. The van der Waals surface area contributed by atoms with E-state index in [1.54, 1.807) is 28.9 Å². The lowest BCUT2D eigenvalue weighted by Gasteiger charge is -2.10. The Morgan fingerprint density at radius 1 is 1.06 bits per heavy atom. The van der Waals surface area contributed by atoms with Crippen LogP contribution in [-0.2, 0) is 12.7 Å². The van der Waals surface area contributed by atoms with Crippen LogP contribution in [0.15, 0.2) is 48.7 Å². The summed E-state index contributed by atoms with van der Waals surface area (Å²) in [4.78, 5) is 29.6. The van der Waals surface area contributed by atoms with Gasteiger partial charge in [-0.05, 0) is 50.1 Å². The molecule has 1 aromatic carbocycles. The normalized spacial score (nSPS) is 13.7. The topological polar surface area (TPSA) is 106 Å². The maximum atomic E-state index is 13.6. The maximum Gasteiger partial charge on any atom is 0.433 e. The molecule has 0 saturated heterocycles. The minimum absolute atomic E-state index is 0.00203. The van der Waals surface area contributed by atoms with Crippen molar-refractivity contribution in [1.29, 1.82) is 0 Å². The van der Waals surface area contributed by atoms with Crippen LogP contribution < -0.4 is 10.6 Å². The van der Waals surface area contributed by atoms with Crippen molar-refractivity contribution in [2.75, 3.05) is 10.6 Å². The number of rotatable bonds is 6. The summed E-state index contributed by atoms with van der Waals surface area (Å²) in [7, 11) is 0. The molecule has 4 aromatic rings. The standard InChI is InChI=1S/C23H20F3N7O2/c1-2-32-18(8-9-27-32)22(35)29-15-5-3-4-14(10-15)28-21(34)17-12-20-30-16(13-6-7-13)11-19(23(24,25)26)33(20)31-17/h3-5,8-13H,2,6-7H2,1H3,(H,28,34)(H,29,35). The Kier molecular flexibility index (Phi) is 5.50. The SMILES string of the molecule is CCn1nccc1C(=O)Nc1cccc(NC(=O)c2cc3nc(C4CC4)cc(C(F)(F)F)n3n2)c1. The number of hydrogen-bond donors (Lipinski definition) is 2. The average Bonchev–Trinajstić information content (AvgIpc) is 3.38. The van der Waals surface area contributed by atoms with E-state index in [0.717, 1.165) is 18.9 Å². The van der Waals surface area contributed by atoms with Crippen LogP contribution in [0.4, 0.5) is 24.5 Å². The highest BCUT2D eigenvalue weighted by molar-refractivity contribution is 6.05. The molecule has 2 N–H and O–H groups in total. The van der Waals surface area contributed by atoms with E-state index >= 15 is 0 Å². The van der Waals surface area contributed by atoms with Gasteiger partial charge < -0.3 is 10.6 Å². The number of nitrogens with one attached hydrogen (secondary N) is 2. The van der Waals surface area contributed by atoms with Crippen molar-refractivity contribution in [2.45, 2.75) is 38.4 Å². The maximum absolute atomic E-state index is 13.6. The van der Waals surface area contributed by atoms with Crippen LogP contribution in [0.5, 0.6) is 0 Å². The van der Waals surface area contributed by atoms with Crippen LogP contribution in [0.3, 0.4) is 0 Å². The van der Waals surface area contributed by atoms with Gasteiger partial charge in [0.05, 0.1) is 0 Å². The second-order valence-electron chi connectivity index (χ2n) is 8.16. The largest absolute Gasteiger partial charge is 0.433 e. The summed E-state index contributed by atoms with van der Waals surface area (Å²) in [5, 5.41) is 13.3.